The van der Waals surface area contributed by atoms with Crippen LogP contribution in [0.5, 0.6) is 5.75 Å². The van der Waals surface area contributed by atoms with Crippen molar-refractivity contribution < 1.29 is 23.0 Å². The number of carbonyl (C=O) groups excluding carboxylic acids is 1. The standard InChI is InChI=1S/C35H45F2N3O3/c1-11-21(3)31(41)25-14-13-15-29(43-33(36)37)30(25)28-19-34(5,6)32-39(9)26-17-16-24(18-27(26)40(28)32)23(12-2)20-38-22(4)35(7,8)42-10/h12-18,20-21,28,32-33H,2,11,19H2,1,3-10H3/b23-20+,38-22?. The summed E-state index contributed by atoms with van der Waals surface area (Å²) < 4.78 is 38.1. The Hall–Kier alpha value is -3.52. The Balaban J connectivity index is 1.89. The van der Waals surface area contributed by atoms with E-state index in [0.29, 0.717) is 24.0 Å². The molecule has 6 nitrogen and oxygen atoms in total. The molecule has 0 N–H and O–H groups in total. The second-order valence-corrected chi connectivity index (χ2v) is 12.8. The zero-order valence-electron chi connectivity index (χ0n) is 26.9. The highest BCUT2D eigenvalue weighted by Crippen LogP contribution is 2.59. The quantitative estimate of drug-likeness (QED) is 0.148. The number of aliphatic imine (C=N–C) groups is 1. The topological polar surface area (TPSA) is 54.4 Å². The average Bonchev–Trinajstić information content (AvgIpc) is 3.42. The first-order chi connectivity index (χ1) is 20.2. The van der Waals surface area contributed by atoms with Crippen molar-refractivity contribution in [1.82, 2.24) is 0 Å². The molecule has 1 fully saturated rings. The number of ether oxygens (including phenoxy) is 2. The minimum atomic E-state index is -3.01. The monoisotopic (exact) mass is 593 g/mol. The van der Waals surface area contributed by atoms with E-state index >= 15 is 0 Å². The molecule has 0 radical (unpaired) electrons. The van der Waals surface area contributed by atoms with Gasteiger partial charge in [-0.25, -0.2) is 0 Å². The zero-order chi connectivity index (χ0) is 31.9. The van der Waals surface area contributed by atoms with E-state index in [1.807, 2.05) is 40.7 Å². The number of fused-ring (bicyclic) bond motifs is 3. The molecule has 0 spiro atoms. The van der Waals surface area contributed by atoms with Crippen molar-refractivity contribution in [2.45, 2.75) is 85.7 Å². The minimum absolute atomic E-state index is 0.0510. The van der Waals surface area contributed by atoms with Crippen LogP contribution in [0.1, 0.15) is 88.8 Å². The van der Waals surface area contributed by atoms with E-state index in [1.165, 1.54) is 0 Å². The van der Waals surface area contributed by atoms with Gasteiger partial charge in [0.1, 0.15) is 11.9 Å². The Kier molecular flexibility index (Phi) is 9.21. The van der Waals surface area contributed by atoms with E-state index in [4.69, 9.17) is 9.47 Å². The van der Waals surface area contributed by atoms with Crippen molar-refractivity contribution in [2.24, 2.45) is 16.3 Å². The lowest BCUT2D eigenvalue weighted by Crippen LogP contribution is -2.44. The maximum atomic E-state index is 13.7. The molecule has 2 aliphatic heterocycles. The third-order valence-electron chi connectivity index (χ3n) is 9.29. The largest absolute Gasteiger partial charge is 0.434 e. The molecule has 43 heavy (non-hydrogen) atoms. The molecule has 0 amide bonds. The highest BCUT2D eigenvalue weighted by atomic mass is 19.3. The lowest BCUT2D eigenvalue weighted by atomic mass is 9.83. The number of allylic oxidation sites excluding steroid dienone is 2. The van der Waals surface area contributed by atoms with Crippen molar-refractivity contribution in [3.05, 3.63) is 71.9 Å². The van der Waals surface area contributed by atoms with Crippen molar-refractivity contribution in [3.63, 3.8) is 0 Å². The highest BCUT2D eigenvalue weighted by Gasteiger charge is 2.54. The van der Waals surface area contributed by atoms with Crippen LogP contribution in [0.2, 0.25) is 0 Å². The first-order valence-electron chi connectivity index (χ1n) is 14.9. The Labute approximate surface area is 255 Å². The molecule has 2 heterocycles. The number of hydrogen-bond acceptors (Lipinski definition) is 6. The number of methoxy groups -OCH3 is 1. The van der Waals surface area contributed by atoms with E-state index in [1.54, 1.807) is 37.6 Å². The number of rotatable bonds is 11. The molecule has 2 aliphatic rings. The number of nitrogens with zero attached hydrogens (tertiary/aromatic N) is 3. The van der Waals surface area contributed by atoms with Crippen LogP contribution in [0.25, 0.3) is 5.57 Å². The third-order valence-corrected chi connectivity index (χ3v) is 9.29. The van der Waals surface area contributed by atoms with Gasteiger partial charge in [0, 0.05) is 48.5 Å². The molecule has 0 saturated carbocycles. The summed E-state index contributed by atoms with van der Waals surface area (Å²) in [7, 11) is 3.72. The zero-order valence-corrected chi connectivity index (χ0v) is 26.9. The number of halogens is 2. The summed E-state index contributed by atoms with van der Waals surface area (Å²) >= 11 is 0. The van der Waals surface area contributed by atoms with E-state index in [0.717, 1.165) is 28.2 Å². The first kappa shape index (κ1) is 32.4. The van der Waals surface area contributed by atoms with Gasteiger partial charge in [0.15, 0.2) is 5.78 Å². The molecule has 0 bridgehead atoms. The molecular weight excluding hydrogens is 548 g/mol. The number of anilines is 2. The van der Waals surface area contributed by atoms with Crippen molar-refractivity contribution in [2.75, 3.05) is 24.0 Å². The number of carbonyl (C=O) groups is 1. The van der Waals surface area contributed by atoms with Gasteiger partial charge in [-0.15, -0.1) is 0 Å². The molecule has 232 valence electrons. The maximum Gasteiger partial charge on any atom is 0.387 e. The normalized spacial score (nSPS) is 20.7. The lowest BCUT2D eigenvalue weighted by molar-refractivity contribution is -0.0506. The highest BCUT2D eigenvalue weighted by molar-refractivity contribution is 6.00. The first-order valence-corrected chi connectivity index (χ1v) is 14.9. The predicted molar refractivity (Wildman–Crippen MR) is 171 cm³/mol. The van der Waals surface area contributed by atoms with Crippen molar-refractivity contribution in [3.8, 4) is 5.75 Å². The van der Waals surface area contributed by atoms with E-state index in [9.17, 15) is 13.6 Å². The van der Waals surface area contributed by atoms with E-state index < -0.39 is 12.2 Å². The summed E-state index contributed by atoms with van der Waals surface area (Å²) in [5.41, 5.74) is 4.79. The van der Waals surface area contributed by atoms with Gasteiger partial charge in [0.25, 0.3) is 0 Å². The fraction of sp³-hybridized carbons (Fsp3) is 0.486. The van der Waals surface area contributed by atoms with Crippen molar-refractivity contribution in [1.29, 1.82) is 0 Å². The van der Waals surface area contributed by atoms with Gasteiger partial charge in [-0.1, -0.05) is 58.5 Å². The van der Waals surface area contributed by atoms with Crippen LogP contribution in [0.15, 0.2) is 60.2 Å². The number of alkyl halides is 2. The Morgan fingerprint density at radius 1 is 1.23 bits per heavy atom. The summed E-state index contributed by atoms with van der Waals surface area (Å²) in [5, 5.41) is 0. The summed E-state index contributed by atoms with van der Waals surface area (Å²) in [6.45, 7) is 15.1. The molecule has 2 aromatic rings. The summed E-state index contributed by atoms with van der Waals surface area (Å²) in [4.78, 5) is 22.8. The van der Waals surface area contributed by atoms with Gasteiger partial charge in [0.2, 0.25) is 0 Å². The van der Waals surface area contributed by atoms with Crippen LogP contribution in [0.3, 0.4) is 0 Å². The number of hydrogen-bond donors (Lipinski definition) is 0. The van der Waals surface area contributed by atoms with E-state index in [2.05, 4.69) is 54.4 Å². The summed E-state index contributed by atoms with van der Waals surface area (Å²) in [5.74, 6) is -0.266. The van der Waals surface area contributed by atoms with E-state index in [-0.39, 0.29) is 35.1 Å². The van der Waals surface area contributed by atoms with Crippen LogP contribution >= 0.6 is 0 Å². The van der Waals surface area contributed by atoms with Gasteiger partial charge >= 0.3 is 6.61 Å². The molecule has 0 aliphatic carbocycles. The molecule has 4 rings (SSSR count). The molecule has 2 aromatic carbocycles. The molecule has 8 heteroatoms. The van der Waals surface area contributed by atoms with Crippen LogP contribution in [-0.4, -0.2) is 44.0 Å². The summed E-state index contributed by atoms with van der Waals surface area (Å²) in [6, 6.07) is 10.8. The fourth-order valence-corrected chi connectivity index (χ4v) is 6.31. The van der Waals surface area contributed by atoms with Gasteiger partial charge in [-0.05, 0) is 62.9 Å². The summed E-state index contributed by atoms with van der Waals surface area (Å²) in [6.07, 6.45) is 4.80. The lowest BCUT2D eigenvalue weighted by Gasteiger charge is -2.34. The van der Waals surface area contributed by atoms with Crippen LogP contribution < -0.4 is 14.5 Å². The molecule has 0 aromatic heterocycles. The fourth-order valence-electron chi connectivity index (χ4n) is 6.31. The van der Waals surface area contributed by atoms with Crippen LogP contribution in [0.4, 0.5) is 20.2 Å². The average molecular weight is 594 g/mol. The van der Waals surface area contributed by atoms with Crippen LogP contribution in [0, 0.1) is 11.3 Å². The Morgan fingerprint density at radius 3 is 2.53 bits per heavy atom. The Bertz CT molecular complexity index is 1450. The molecular formula is C35H45F2N3O3. The van der Waals surface area contributed by atoms with Gasteiger partial charge in [-0.2, -0.15) is 8.78 Å². The number of Topliss-reactive ketones (excluding diaryl/α,β-unsaturated/α-hetero) is 1. The number of benzene rings is 2. The number of ketones is 1. The predicted octanol–water partition coefficient (Wildman–Crippen LogP) is 8.68. The van der Waals surface area contributed by atoms with Gasteiger partial charge in [-0.3, -0.25) is 9.79 Å². The molecule has 3 atom stereocenters. The molecule has 1 saturated heterocycles. The maximum absolute atomic E-state index is 13.7. The SMILES string of the molecule is C=C/C(=C\N=C(C)C(C)(C)OC)c1ccc2c(c1)N1C(c3c(OC(F)F)cccc3C(=O)C(C)CC)CC(C)(C)C1N2C. The minimum Gasteiger partial charge on any atom is -0.434 e. The third kappa shape index (κ3) is 5.99. The van der Waals surface area contributed by atoms with Crippen LogP contribution in [-0.2, 0) is 4.74 Å². The second-order valence-electron chi connectivity index (χ2n) is 12.8. The Morgan fingerprint density at radius 2 is 1.93 bits per heavy atom. The van der Waals surface area contributed by atoms with Gasteiger partial charge < -0.3 is 19.3 Å². The van der Waals surface area contributed by atoms with Crippen molar-refractivity contribution >= 4 is 28.4 Å². The second kappa shape index (κ2) is 12.2. The molecule has 3 unspecified atom stereocenters. The van der Waals surface area contributed by atoms with Gasteiger partial charge in [0.05, 0.1) is 23.0 Å². The smallest absolute Gasteiger partial charge is 0.387 e.